The van der Waals surface area contributed by atoms with Crippen molar-refractivity contribution >= 4 is 54.6 Å². The Kier molecular flexibility index (Phi) is 6.65. The summed E-state index contributed by atoms with van der Waals surface area (Å²) in [5, 5.41) is -2.83. The van der Waals surface area contributed by atoms with E-state index in [2.05, 4.69) is 20.9 Å². The number of sulfone groups is 1. The van der Waals surface area contributed by atoms with E-state index in [-0.39, 0.29) is 17.1 Å². The Balaban J connectivity index is 1.65. The van der Waals surface area contributed by atoms with E-state index in [1.54, 1.807) is 31.2 Å². The minimum Gasteiger partial charge on any atom is -0.333 e. The predicted molar refractivity (Wildman–Crippen MR) is 128 cm³/mol. The standard InChI is InChI=1S/C22H18BrClF2N2O3S2/c1-13(15-4-2-3-5-18(15)25)19-11-27-21(32-19)22(26)12-28(8-9-33(22,30)31)20(29)14-6-7-16(23)17(24)10-14/h2-7,10-11,13H,8-9,12H2,1H3/t13?,22-/m0/s1. The average Bonchev–Trinajstić information content (AvgIpc) is 3.28. The van der Waals surface area contributed by atoms with Gasteiger partial charge in [-0.1, -0.05) is 36.7 Å². The Morgan fingerprint density at radius 2 is 2.03 bits per heavy atom. The number of amides is 1. The molecule has 2 aromatic carbocycles. The number of hydrogen-bond acceptors (Lipinski definition) is 5. The molecule has 0 N–H and O–H groups in total. The quantitative estimate of drug-likeness (QED) is 0.410. The van der Waals surface area contributed by atoms with Crippen molar-refractivity contribution in [1.82, 2.24) is 9.88 Å². The molecule has 1 saturated heterocycles. The molecule has 0 spiro atoms. The van der Waals surface area contributed by atoms with E-state index < -0.39 is 44.8 Å². The van der Waals surface area contributed by atoms with Crippen molar-refractivity contribution in [1.29, 1.82) is 0 Å². The molecule has 0 aliphatic carbocycles. The molecule has 174 valence electrons. The lowest BCUT2D eigenvalue weighted by Gasteiger charge is -2.35. The van der Waals surface area contributed by atoms with Crippen LogP contribution in [0.15, 0.2) is 53.1 Å². The van der Waals surface area contributed by atoms with Crippen LogP contribution in [0.3, 0.4) is 0 Å². The van der Waals surface area contributed by atoms with Gasteiger partial charge < -0.3 is 4.90 Å². The van der Waals surface area contributed by atoms with Gasteiger partial charge in [0.2, 0.25) is 0 Å². The van der Waals surface area contributed by atoms with Gasteiger partial charge in [0.05, 0.1) is 17.3 Å². The van der Waals surface area contributed by atoms with Gasteiger partial charge in [-0.2, -0.15) is 0 Å². The lowest BCUT2D eigenvalue weighted by Crippen LogP contribution is -2.53. The maximum Gasteiger partial charge on any atom is 0.278 e. The van der Waals surface area contributed by atoms with Gasteiger partial charge in [-0.05, 0) is 45.8 Å². The second-order valence-corrected chi connectivity index (χ2v) is 12.3. The lowest BCUT2D eigenvalue weighted by atomic mass is 10.00. The van der Waals surface area contributed by atoms with Crippen molar-refractivity contribution in [2.75, 3.05) is 18.8 Å². The molecule has 0 saturated carbocycles. The average molecular weight is 576 g/mol. The zero-order chi connectivity index (χ0) is 24.0. The first-order valence-corrected chi connectivity index (χ1v) is 13.5. The number of rotatable bonds is 4. The van der Waals surface area contributed by atoms with Gasteiger partial charge in [0.25, 0.3) is 10.9 Å². The number of halogens is 4. The summed E-state index contributed by atoms with van der Waals surface area (Å²) in [6, 6.07) is 10.8. The molecule has 11 heteroatoms. The van der Waals surface area contributed by atoms with Crippen molar-refractivity contribution in [3.63, 3.8) is 0 Å². The summed E-state index contributed by atoms with van der Waals surface area (Å²) in [5.41, 5.74) is 0.619. The third kappa shape index (κ3) is 4.45. The molecule has 5 nitrogen and oxygen atoms in total. The summed E-state index contributed by atoms with van der Waals surface area (Å²) in [6.45, 7) is 0.899. The van der Waals surface area contributed by atoms with Gasteiger partial charge in [-0.3, -0.25) is 4.79 Å². The molecule has 2 atom stereocenters. The molecular formula is C22H18BrClF2N2O3S2. The topological polar surface area (TPSA) is 67.3 Å². The van der Waals surface area contributed by atoms with Crippen molar-refractivity contribution in [3.8, 4) is 0 Å². The van der Waals surface area contributed by atoms with E-state index in [9.17, 15) is 17.6 Å². The molecular weight excluding hydrogens is 558 g/mol. The highest BCUT2D eigenvalue weighted by Crippen LogP contribution is 2.41. The van der Waals surface area contributed by atoms with E-state index >= 15 is 4.39 Å². The molecule has 0 bridgehead atoms. The maximum absolute atomic E-state index is 16.2. The summed E-state index contributed by atoms with van der Waals surface area (Å²) in [4.78, 5) is 18.7. The first kappa shape index (κ1) is 24.3. The number of hydrogen-bond donors (Lipinski definition) is 0. The van der Waals surface area contributed by atoms with Gasteiger partial charge in [-0.25, -0.2) is 22.2 Å². The number of carbonyl (C=O) groups excluding carboxylic acids is 1. The Hall–Kier alpha value is -1.88. The molecule has 1 aromatic heterocycles. The van der Waals surface area contributed by atoms with Crippen LogP contribution >= 0.6 is 38.9 Å². The highest BCUT2D eigenvalue weighted by molar-refractivity contribution is 9.10. The van der Waals surface area contributed by atoms with Crippen molar-refractivity contribution < 1.29 is 22.0 Å². The van der Waals surface area contributed by atoms with Crippen LogP contribution in [0.1, 0.15) is 38.6 Å². The minimum absolute atomic E-state index is 0.148. The number of carbonyl (C=O) groups is 1. The zero-order valence-corrected chi connectivity index (χ0v) is 21.2. The first-order valence-electron chi connectivity index (χ1n) is 9.89. The van der Waals surface area contributed by atoms with Crippen molar-refractivity contribution in [2.45, 2.75) is 17.8 Å². The van der Waals surface area contributed by atoms with Crippen LogP contribution in [-0.4, -0.2) is 43.1 Å². The SMILES string of the molecule is CC(c1cnc([C@]2(F)CN(C(=O)c3ccc(Br)c(Cl)c3)CCS2(=O)=O)s1)c1ccccc1F. The van der Waals surface area contributed by atoms with E-state index in [0.717, 1.165) is 16.2 Å². The Bertz CT molecular complexity index is 1330. The fourth-order valence-electron chi connectivity index (χ4n) is 3.64. The number of aromatic nitrogens is 1. The Morgan fingerprint density at radius 3 is 2.73 bits per heavy atom. The van der Waals surface area contributed by atoms with E-state index in [1.165, 1.54) is 24.4 Å². The third-order valence-corrected chi connectivity index (χ3v) is 10.3. The molecule has 1 amide bonds. The van der Waals surface area contributed by atoms with Crippen LogP contribution in [0.4, 0.5) is 8.78 Å². The summed E-state index contributed by atoms with van der Waals surface area (Å²) >= 11 is 10.2. The predicted octanol–water partition coefficient (Wildman–Crippen LogP) is 5.54. The normalized spacial score (nSPS) is 21.1. The molecule has 2 heterocycles. The van der Waals surface area contributed by atoms with Crippen molar-refractivity contribution in [3.05, 3.63) is 85.0 Å². The third-order valence-electron chi connectivity index (χ3n) is 5.61. The van der Waals surface area contributed by atoms with E-state index in [4.69, 9.17) is 11.6 Å². The van der Waals surface area contributed by atoms with Gasteiger partial charge >= 0.3 is 0 Å². The van der Waals surface area contributed by atoms with E-state index in [0.29, 0.717) is 19.9 Å². The van der Waals surface area contributed by atoms with Gasteiger partial charge in [-0.15, -0.1) is 11.3 Å². The second-order valence-electron chi connectivity index (χ2n) is 7.71. The van der Waals surface area contributed by atoms with Crippen LogP contribution in [0, 0.1) is 5.82 Å². The highest BCUT2D eigenvalue weighted by Gasteiger charge is 2.53. The first-order chi connectivity index (χ1) is 15.5. The number of nitrogens with zero attached hydrogens (tertiary/aromatic N) is 2. The number of benzene rings is 2. The molecule has 33 heavy (non-hydrogen) atoms. The molecule has 1 unspecified atom stereocenters. The van der Waals surface area contributed by atoms with Crippen LogP contribution in [0.25, 0.3) is 0 Å². The van der Waals surface area contributed by atoms with Crippen LogP contribution in [0.5, 0.6) is 0 Å². The van der Waals surface area contributed by atoms with Crippen LogP contribution < -0.4 is 0 Å². The Labute approximate surface area is 207 Å². The van der Waals surface area contributed by atoms with Gasteiger partial charge in [0.1, 0.15) is 10.8 Å². The van der Waals surface area contributed by atoms with Gasteiger partial charge in [0, 0.05) is 33.6 Å². The van der Waals surface area contributed by atoms with Crippen molar-refractivity contribution in [2.24, 2.45) is 0 Å². The summed E-state index contributed by atoms with van der Waals surface area (Å²) in [7, 11) is -4.25. The fourth-order valence-corrected chi connectivity index (χ4v) is 6.98. The summed E-state index contributed by atoms with van der Waals surface area (Å²) in [6.07, 6.45) is 1.36. The number of thiazole rings is 1. The smallest absolute Gasteiger partial charge is 0.278 e. The molecule has 1 aliphatic rings. The molecule has 4 rings (SSSR count). The van der Waals surface area contributed by atoms with Gasteiger partial charge in [0.15, 0.2) is 9.84 Å². The maximum atomic E-state index is 16.2. The van der Waals surface area contributed by atoms with Crippen LogP contribution in [-0.2, 0) is 14.8 Å². The zero-order valence-electron chi connectivity index (χ0n) is 17.3. The summed E-state index contributed by atoms with van der Waals surface area (Å²) < 4.78 is 56.5. The minimum atomic E-state index is -4.25. The molecule has 1 aliphatic heterocycles. The number of alkyl halides is 1. The monoisotopic (exact) mass is 574 g/mol. The Morgan fingerprint density at radius 1 is 1.30 bits per heavy atom. The molecule has 1 fully saturated rings. The fraction of sp³-hybridized carbons (Fsp3) is 0.273. The molecule has 0 radical (unpaired) electrons. The van der Waals surface area contributed by atoms with E-state index in [1.807, 2.05) is 0 Å². The summed E-state index contributed by atoms with van der Waals surface area (Å²) in [5.74, 6) is -1.94. The molecule has 3 aromatic rings. The largest absolute Gasteiger partial charge is 0.333 e. The highest BCUT2D eigenvalue weighted by atomic mass is 79.9. The van der Waals surface area contributed by atoms with Crippen LogP contribution in [0.2, 0.25) is 5.02 Å². The second kappa shape index (κ2) is 9.05. The lowest BCUT2D eigenvalue weighted by molar-refractivity contribution is 0.0666.